The molecule has 1 fully saturated rings. The fourth-order valence-electron chi connectivity index (χ4n) is 4.21. The van der Waals surface area contributed by atoms with Crippen molar-refractivity contribution in [3.63, 3.8) is 0 Å². The molecule has 1 heterocycles. The summed E-state index contributed by atoms with van der Waals surface area (Å²) in [6.45, 7) is 1.91. The maximum Gasteiger partial charge on any atom is 0.123 e. The van der Waals surface area contributed by atoms with Gasteiger partial charge in [-0.3, -0.25) is 0 Å². The average molecular weight is 446 g/mol. The van der Waals surface area contributed by atoms with Gasteiger partial charge in [-0.25, -0.2) is 0 Å². The third kappa shape index (κ3) is 7.98. The Morgan fingerprint density at radius 1 is 0.848 bits per heavy atom. The predicted octanol–water partition coefficient (Wildman–Crippen LogP) is 6.07. The van der Waals surface area contributed by atoms with Crippen molar-refractivity contribution in [1.29, 1.82) is 0 Å². The van der Waals surface area contributed by atoms with E-state index in [9.17, 15) is 9.90 Å². The van der Waals surface area contributed by atoms with Gasteiger partial charge in [0.05, 0.1) is 7.11 Å². The second-order valence-electron chi connectivity index (χ2n) is 8.48. The number of phenolic OH excluding ortho intramolecular Hbond substituents is 1. The predicted molar refractivity (Wildman–Crippen MR) is 135 cm³/mol. The number of aryl methyl sites for hydroxylation is 2. The Labute approximate surface area is 197 Å². The van der Waals surface area contributed by atoms with Gasteiger partial charge >= 0.3 is 0 Å². The molecule has 1 aliphatic carbocycles. The molecule has 0 amide bonds. The molecule has 5 rings (SSSR count). The minimum absolute atomic E-state index is 0.252. The fourth-order valence-corrected chi connectivity index (χ4v) is 4.21. The summed E-state index contributed by atoms with van der Waals surface area (Å²) in [5.41, 5.74) is 3.95. The maximum absolute atomic E-state index is 10.7. The van der Waals surface area contributed by atoms with Crippen LogP contribution in [0.1, 0.15) is 36.8 Å². The van der Waals surface area contributed by atoms with Crippen molar-refractivity contribution in [2.24, 2.45) is 5.92 Å². The number of carbonyl (C=O) groups excluding carboxylic acids is 1. The summed E-state index contributed by atoms with van der Waals surface area (Å²) in [6.07, 6.45) is 7.91. The number of piperidine rings is 1. The Morgan fingerprint density at radius 2 is 1.48 bits per heavy atom. The molecule has 33 heavy (non-hydrogen) atoms. The minimum Gasteiger partial charge on any atom is -0.508 e. The molecule has 0 saturated carbocycles. The number of ether oxygens (including phenoxy) is 1. The van der Waals surface area contributed by atoms with Gasteiger partial charge in [0, 0.05) is 30.8 Å². The van der Waals surface area contributed by atoms with E-state index in [2.05, 4.69) is 11.0 Å². The lowest BCUT2D eigenvalue weighted by Crippen LogP contribution is -2.34. The molecule has 3 aromatic carbocycles. The van der Waals surface area contributed by atoms with Crippen molar-refractivity contribution in [1.82, 2.24) is 0 Å². The highest BCUT2D eigenvalue weighted by Gasteiger charge is 2.18. The molecule has 174 valence electrons. The molecular formula is C29H35NO3. The van der Waals surface area contributed by atoms with Crippen LogP contribution in [0.4, 0.5) is 5.69 Å². The first-order valence-electron chi connectivity index (χ1n) is 11.8. The SMILES string of the molecule is COc1cccc(N2CCC(C=O)CC2)c1.Oc1ccc2c(c1)CCCC2.c1ccccc1. The van der Waals surface area contributed by atoms with Gasteiger partial charge in [0.1, 0.15) is 17.8 Å². The van der Waals surface area contributed by atoms with E-state index < -0.39 is 0 Å². The number of aldehydes is 1. The molecule has 1 aliphatic heterocycles. The van der Waals surface area contributed by atoms with Crippen LogP contribution in [0.3, 0.4) is 0 Å². The summed E-state index contributed by atoms with van der Waals surface area (Å²) in [5, 5.41) is 9.19. The number of benzene rings is 3. The second-order valence-corrected chi connectivity index (χ2v) is 8.48. The summed E-state index contributed by atoms with van der Waals surface area (Å²) in [6, 6.07) is 25.8. The van der Waals surface area contributed by atoms with Crippen LogP contribution in [0.25, 0.3) is 0 Å². The third-order valence-electron chi connectivity index (χ3n) is 6.15. The van der Waals surface area contributed by atoms with Gasteiger partial charge < -0.3 is 19.5 Å². The van der Waals surface area contributed by atoms with Crippen LogP contribution in [0.5, 0.6) is 11.5 Å². The number of fused-ring (bicyclic) bond motifs is 1. The smallest absolute Gasteiger partial charge is 0.123 e. The Hall–Kier alpha value is -3.27. The topological polar surface area (TPSA) is 49.8 Å². The van der Waals surface area contributed by atoms with Crippen LogP contribution >= 0.6 is 0 Å². The van der Waals surface area contributed by atoms with Crippen LogP contribution in [0.2, 0.25) is 0 Å². The highest BCUT2D eigenvalue weighted by Crippen LogP contribution is 2.26. The fraction of sp³-hybridized carbons (Fsp3) is 0.345. The van der Waals surface area contributed by atoms with Crippen molar-refractivity contribution in [2.45, 2.75) is 38.5 Å². The summed E-state index contributed by atoms with van der Waals surface area (Å²) in [4.78, 5) is 13.0. The van der Waals surface area contributed by atoms with Crippen LogP contribution in [-0.4, -0.2) is 31.6 Å². The van der Waals surface area contributed by atoms with Crippen molar-refractivity contribution < 1.29 is 14.6 Å². The summed E-state index contributed by atoms with van der Waals surface area (Å²) < 4.78 is 5.21. The summed E-state index contributed by atoms with van der Waals surface area (Å²) in [5.74, 6) is 1.54. The molecule has 0 radical (unpaired) electrons. The summed E-state index contributed by atoms with van der Waals surface area (Å²) in [7, 11) is 1.68. The quantitative estimate of drug-likeness (QED) is 0.497. The lowest BCUT2D eigenvalue weighted by atomic mass is 9.92. The number of methoxy groups -OCH3 is 1. The molecule has 0 bridgehead atoms. The van der Waals surface area contributed by atoms with E-state index >= 15 is 0 Å². The molecule has 4 nitrogen and oxygen atoms in total. The zero-order valence-corrected chi connectivity index (χ0v) is 19.5. The molecule has 0 atom stereocenters. The van der Waals surface area contributed by atoms with E-state index in [1.807, 2.05) is 66.7 Å². The van der Waals surface area contributed by atoms with Crippen LogP contribution in [-0.2, 0) is 17.6 Å². The first-order chi connectivity index (χ1) is 16.2. The molecule has 3 aromatic rings. The van der Waals surface area contributed by atoms with Crippen molar-refractivity contribution in [3.8, 4) is 11.5 Å². The minimum atomic E-state index is 0.252. The number of rotatable bonds is 3. The zero-order chi connectivity index (χ0) is 23.3. The largest absolute Gasteiger partial charge is 0.508 e. The Kier molecular flexibility index (Phi) is 9.84. The van der Waals surface area contributed by atoms with Gasteiger partial charge in [-0.2, -0.15) is 0 Å². The maximum atomic E-state index is 10.7. The van der Waals surface area contributed by atoms with E-state index in [1.54, 1.807) is 13.2 Å². The van der Waals surface area contributed by atoms with Gasteiger partial charge in [-0.1, -0.05) is 48.5 Å². The molecular weight excluding hydrogens is 410 g/mol. The number of carbonyl (C=O) groups is 1. The average Bonchev–Trinajstić information content (AvgIpc) is 2.90. The van der Waals surface area contributed by atoms with E-state index in [-0.39, 0.29) is 5.92 Å². The molecule has 2 aliphatic rings. The lowest BCUT2D eigenvalue weighted by molar-refractivity contribution is -0.111. The number of aromatic hydroxyl groups is 1. The standard InChI is InChI=1S/C13H17NO2.C10H12O.C6H6/c1-16-13-4-2-3-12(9-13)14-7-5-11(10-15)6-8-14;11-10-6-5-8-3-1-2-4-9(8)7-10;1-2-4-6-5-3-1/h2-4,9-11H,5-8H2,1H3;5-7,11H,1-4H2;1-6H. The molecule has 0 unspecified atom stereocenters. The molecule has 0 aromatic heterocycles. The van der Waals surface area contributed by atoms with E-state index in [1.165, 1.54) is 36.1 Å². The van der Waals surface area contributed by atoms with Crippen molar-refractivity contribution in [2.75, 3.05) is 25.1 Å². The summed E-state index contributed by atoms with van der Waals surface area (Å²) >= 11 is 0. The van der Waals surface area contributed by atoms with Gasteiger partial charge in [0.25, 0.3) is 0 Å². The molecule has 1 N–H and O–H groups in total. The molecule has 1 saturated heterocycles. The highest BCUT2D eigenvalue weighted by atomic mass is 16.5. The van der Waals surface area contributed by atoms with Crippen LogP contribution < -0.4 is 9.64 Å². The number of hydrogen-bond donors (Lipinski definition) is 1. The number of phenols is 1. The highest BCUT2D eigenvalue weighted by molar-refractivity contribution is 5.56. The third-order valence-corrected chi connectivity index (χ3v) is 6.15. The molecule has 0 spiro atoms. The van der Waals surface area contributed by atoms with Gasteiger partial charge in [-0.05, 0) is 73.9 Å². The first-order valence-corrected chi connectivity index (χ1v) is 11.8. The van der Waals surface area contributed by atoms with Crippen molar-refractivity contribution >= 4 is 12.0 Å². The van der Waals surface area contributed by atoms with Gasteiger partial charge in [0.15, 0.2) is 0 Å². The Bertz CT molecular complexity index is 939. The number of nitrogens with zero attached hydrogens (tertiary/aromatic N) is 1. The van der Waals surface area contributed by atoms with Gasteiger partial charge in [-0.15, -0.1) is 0 Å². The normalized spacial score (nSPS) is 15.1. The van der Waals surface area contributed by atoms with E-state index in [4.69, 9.17) is 4.74 Å². The van der Waals surface area contributed by atoms with Crippen LogP contribution in [0.15, 0.2) is 78.9 Å². The number of anilines is 1. The van der Waals surface area contributed by atoms with Crippen molar-refractivity contribution in [3.05, 3.63) is 90.0 Å². The molecule has 4 heteroatoms. The monoisotopic (exact) mass is 445 g/mol. The van der Waals surface area contributed by atoms with Crippen LogP contribution in [0, 0.1) is 5.92 Å². The second kappa shape index (κ2) is 13.3. The Morgan fingerprint density at radius 3 is 2.09 bits per heavy atom. The van der Waals surface area contributed by atoms with E-state index in [0.717, 1.165) is 44.4 Å². The first kappa shape index (κ1) is 24.4. The Balaban J connectivity index is 0.000000155. The number of hydrogen-bond acceptors (Lipinski definition) is 4. The van der Waals surface area contributed by atoms with Gasteiger partial charge in [0.2, 0.25) is 0 Å². The zero-order valence-electron chi connectivity index (χ0n) is 19.5. The lowest BCUT2D eigenvalue weighted by Gasteiger charge is -2.31. The van der Waals surface area contributed by atoms with E-state index in [0.29, 0.717) is 5.75 Å².